The monoisotopic (exact) mass is 326 g/mol. The van der Waals surface area contributed by atoms with Crippen molar-refractivity contribution in [3.05, 3.63) is 36.0 Å². The van der Waals surface area contributed by atoms with E-state index < -0.39 is 0 Å². The number of para-hydroxylation sites is 1. The van der Waals surface area contributed by atoms with Gasteiger partial charge in [0.25, 0.3) is 0 Å². The molecule has 5 nitrogen and oxygen atoms in total. The number of aromatic nitrogens is 2. The highest BCUT2D eigenvalue weighted by Gasteiger charge is 2.18. The van der Waals surface area contributed by atoms with Gasteiger partial charge < -0.3 is 11.1 Å². The second-order valence-corrected chi connectivity index (χ2v) is 6.68. The van der Waals surface area contributed by atoms with Crippen molar-refractivity contribution in [3.63, 3.8) is 0 Å². The number of carbonyl (C=O) groups excluding carboxylic acids is 1. The number of nitrogens with one attached hydrogen (secondary N) is 1. The van der Waals surface area contributed by atoms with Gasteiger partial charge >= 0.3 is 0 Å². The predicted molar refractivity (Wildman–Crippen MR) is 97.2 cm³/mol. The molecule has 0 spiro atoms. The minimum absolute atomic E-state index is 0.0305. The van der Waals surface area contributed by atoms with Gasteiger partial charge in [0.05, 0.1) is 11.4 Å². The lowest BCUT2D eigenvalue weighted by atomic mass is 9.86. The van der Waals surface area contributed by atoms with Gasteiger partial charge in [-0.15, -0.1) is 0 Å². The van der Waals surface area contributed by atoms with Crippen molar-refractivity contribution >= 4 is 17.4 Å². The van der Waals surface area contributed by atoms with Crippen LogP contribution in [0.25, 0.3) is 5.69 Å². The Morgan fingerprint density at radius 3 is 2.67 bits per heavy atom. The molecule has 3 rings (SSSR count). The summed E-state index contributed by atoms with van der Waals surface area (Å²) in [6, 6.07) is 9.71. The Morgan fingerprint density at radius 2 is 1.96 bits per heavy atom. The Bertz CT molecular complexity index is 687. The van der Waals surface area contributed by atoms with E-state index >= 15 is 0 Å². The Hall–Kier alpha value is -2.30. The van der Waals surface area contributed by atoms with Crippen LogP contribution < -0.4 is 11.1 Å². The summed E-state index contributed by atoms with van der Waals surface area (Å²) >= 11 is 0. The first-order valence-corrected chi connectivity index (χ1v) is 8.85. The second-order valence-electron chi connectivity index (χ2n) is 6.68. The van der Waals surface area contributed by atoms with Crippen molar-refractivity contribution in [2.45, 2.75) is 51.9 Å². The van der Waals surface area contributed by atoms with Gasteiger partial charge in [0, 0.05) is 6.42 Å². The standard InChI is InChI=1S/C19H26N4O/c1-14-18(19(20)23(22-14)16-10-6-3-7-11-16)21-17(24)13-12-15-8-4-2-5-9-15/h3,6-7,10-11,15H,2,4-5,8-9,12-13,20H2,1H3,(H,21,24). The van der Waals surface area contributed by atoms with Crippen LogP contribution in [0.5, 0.6) is 0 Å². The molecule has 1 saturated carbocycles. The van der Waals surface area contributed by atoms with Crippen LogP contribution in [0.15, 0.2) is 30.3 Å². The Kier molecular flexibility index (Phi) is 5.18. The highest BCUT2D eigenvalue weighted by molar-refractivity contribution is 5.94. The zero-order valence-electron chi connectivity index (χ0n) is 14.3. The fourth-order valence-corrected chi connectivity index (χ4v) is 3.48. The Balaban J connectivity index is 1.64. The molecule has 1 heterocycles. The number of benzene rings is 1. The number of nitrogens with zero attached hydrogens (tertiary/aromatic N) is 2. The van der Waals surface area contributed by atoms with E-state index in [0.717, 1.165) is 17.8 Å². The van der Waals surface area contributed by atoms with Crippen LogP contribution in [0, 0.1) is 12.8 Å². The lowest BCUT2D eigenvalue weighted by molar-refractivity contribution is -0.116. The van der Waals surface area contributed by atoms with Crippen molar-refractivity contribution in [3.8, 4) is 5.69 Å². The topological polar surface area (TPSA) is 72.9 Å². The smallest absolute Gasteiger partial charge is 0.224 e. The second kappa shape index (κ2) is 7.51. The molecule has 1 aromatic carbocycles. The number of anilines is 2. The molecule has 0 atom stereocenters. The Morgan fingerprint density at radius 1 is 1.25 bits per heavy atom. The molecule has 0 bridgehead atoms. The fourth-order valence-electron chi connectivity index (χ4n) is 3.48. The molecule has 3 N–H and O–H groups in total. The van der Waals surface area contributed by atoms with Crippen LogP contribution in [0.4, 0.5) is 11.5 Å². The molecule has 1 aliphatic rings. The van der Waals surface area contributed by atoms with Crippen LogP contribution in [0.1, 0.15) is 50.6 Å². The summed E-state index contributed by atoms with van der Waals surface area (Å²) < 4.78 is 1.67. The Labute approximate surface area is 143 Å². The molecular formula is C19H26N4O. The first kappa shape index (κ1) is 16.6. The summed E-state index contributed by atoms with van der Waals surface area (Å²) in [6.07, 6.45) is 8.01. The summed E-state index contributed by atoms with van der Waals surface area (Å²) in [5.74, 6) is 1.21. The van der Waals surface area contributed by atoms with Crippen molar-refractivity contribution < 1.29 is 4.79 Å². The zero-order chi connectivity index (χ0) is 16.9. The highest BCUT2D eigenvalue weighted by atomic mass is 16.1. The summed E-state index contributed by atoms with van der Waals surface area (Å²) in [5, 5.41) is 7.42. The van der Waals surface area contributed by atoms with Gasteiger partial charge in [-0.05, 0) is 31.4 Å². The number of amides is 1. The zero-order valence-corrected chi connectivity index (χ0v) is 14.3. The molecule has 128 valence electrons. The van der Waals surface area contributed by atoms with Gasteiger partial charge in [0.2, 0.25) is 5.91 Å². The molecule has 0 unspecified atom stereocenters. The third-order valence-electron chi connectivity index (χ3n) is 4.87. The maximum Gasteiger partial charge on any atom is 0.224 e. The third kappa shape index (κ3) is 3.78. The van der Waals surface area contributed by atoms with Crippen molar-refractivity contribution in [2.24, 2.45) is 5.92 Å². The summed E-state index contributed by atoms with van der Waals surface area (Å²) in [7, 11) is 0. The van der Waals surface area contributed by atoms with E-state index in [1.54, 1.807) is 4.68 Å². The number of nitrogen functional groups attached to an aromatic ring is 1. The molecule has 2 aromatic rings. The van der Waals surface area contributed by atoms with Gasteiger partial charge in [-0.25, -0.2) is 4.68 Å². The van der Waals surface area contributed by atoms with E-state index in [2.05, 4.69) is 10.4 Å². The largest absolute Gasteiger partial charge is 0.382 e. The van der Waals surface area contributed by atoms with Crippen LogP contribution in [0.2, 0.25) is 0 Å². The molecule has 1 aliphatic carbocycles. The molecule has 0 saturated heterocycles. The average molecular weight is 326 g/mol. The summed E-state index contributed by atoms with van der Waals surface area (Å²) in [4.78, 5) is 12.3. The van der Waals surface area contributed by atoms with Crippen LogP contribution >= 0.6 is 0 Å². The van der Waals surface area contributed by atoms with Crippen LogP contribution in [0.3, 0.4) is 0 Å². The minimum Gasteiger partial charge on any atom is -0.382 e. The molecule has 0 radical (unpaired) electrons. The van der Waals surface area contributed by atoms with Crippen molar-refractivity contribution in [1.82, 2.24) is 9.78 Å². The molecule has 1 fully saturated rings. The van der Waals surface area contributed by atoms with E-state index in [0.29, 0.717) is 23.8 Å². The van der Waals surface area contributed by atoms with E-state index in [1.165, 1.54) is 32.1 Å². The fraction of sp³-hybridized carbons (Fsp3) is 0.474. The quantitative estimate of drug-likeness (QED) is 0.870. The lowest BCUT2D eigenvalue weighted by Gasteiger charge is -2.20. The number of hydrogen-bond donors (Lipinski definition) is 2. The van der Waals surface area contributed by atoms with Crippen molar-refractivity contribution in [2.75, 3.05) is 11.1 Å². The molecular weight excluding hydrogens is 300 g/mol. The molecule has 0 aliphatic heterocycles. The lowest BCUT2D eigenvalue weighted by Crippen LogP contribution is -2.16. The van der Waals surface area contributed by atoms with Crippen LogP contribution in [-0.4, -0.2) is 15.7 Å². The van der Waals surface area contributed by atoms with E-state index in [1.807, 2.05) is 37.3 Å². The normalized spacial score (nSPS) is 15.4. The first-order valence-electron chi connectivity index (χ1n) is 8.85. The van der Waals surface area contributed by atoms with Crippen molar-refractivity contribution in [1.29, 1.82) is 0 Å². The first-order chi connectivity index (χ1) is 11.6. The van der Waals surface area contributed by atoms with Gasteiger partial charge in [0.1, 0.15) is 5.69 Å². The molecule has 1 aromatic heterocycles. The number of rotatable bonds is 5. The van der Waals surface area contributed by atoms with E-state index in [9.17, 15) is 4.79 Å². The average Bonchev–Trinajstić information content (AvgIpc) is 2.90. The van der Waals surface area contributed by atoms with Gasteiger partial charge in [-0.2, -0.15) is 5.10 Å². The maximum atomic E-state index is 12.3. The predicted octanol–water partition coefficient (Wildman–Crippen LogP) is 4.06. The number of hydrogen-bond acceptors (Lipinski definition) is 3. The SMILES string of the molecule is Cc1nn(-c2ccccc2)c(N)c1NC(=O)CCC1CCCCC1. The van der Waals surface area contributed by atoms with E-state index in [-0.39, 0.29) is 5.91 Å². The van der Waals surface area contributed by atoms with Crippen LogP contribution in [-0.2, 0) is 4.79 Å². The molecule has 1 amide bonds. The number of nitrogens with two attached hydrogens (primary N) is 1. The number of aryl methyl sites for hydroxylation is 1. The van der Waals surface area contributed by atoms with Gasteiger partial charge in [-0.3, -0.25) is 4.79 Å². The van der Waals surface area contributed by atoms with E-state index in [4.69, 9.17) is 5.73 Å². The highest BCUT2D eigenvalue weighted by Crippen LogP contribution is 2.29. The van der Waals surface area contributed by atoms with Gasteiger partial charge in [-0.1, -0.05) is 50.3 Å². The molecule has 24 heavy (non-hydrogen) atoms. The number of carbonyl (C=O) groups is 1. The minimum atomic E-state index is 0.0305. The summed E-state index contributed by atoms with van der Waals surface area (Å²) in [5.41, 5.74) is 8.47. The third-order valence-corrected chi connectivity index (χ3v) is 4.87. The van der Waals surface area contributed by atoms with Gasteiger partial charge in [0.15, 0.2) is 5.82 Å². The molecule has 5 heteroatoms. The maximum absolute atomic E-state index is 12.3. The summed E-state index contributed by atoms with van der Waals surface area (Å²) in [6.45, 7) is 1.87.